The van der Waals surface area contributed by atoms with Gasteiger partial charge in [0.1, 0.15) is 5.82 Å². The van der Waals surface area contributed by atoms with Gasteiger partial charge in [-0.2, -0.15) is 0 Å². The standard InChI is InChI=1S/C17H26N4/c1-13(11-14-7-3-2-6-10-18-14)19-12-17-20-15-8-4-5-9-16(15)21-17/h4-5,8-9,13-14,18-19H,2-3,6-7,10-12H2,1H3,(H,20,21). The lowest BCUT2D eigenvalue weighted by Gasteiger charge is -2.21. The van der Waals surface area contributed by atoms with E-state index < -0.39 is 0 Å². The molecule has 4 heteroatoms. The average molecular weight is 286 g/mol. The quantitative estimate of drug-likeness (QED) is 0.792. The van der Waals surface area contributed by atoms with Crippen LogP contribution in [0.25, 0.3) is 11.0 Å². The topological polar surface area (TPSA) is 52.7 Å². The van der Waals surface area contributed by atoms with E-state index in [1.165, 1.54) is 38.6 Å². The molecule has 1 aliphatic heterocycles. The summed E-state index contributed by atoms with van der Waals surface area (Å²) in [6, 6.07) is 9.37. The van der Waals surface area contributed by atoms with Crippen molar-refractivity contribution in [3.63, 3.8) is 0 Å². The molecule has 1 saturated heterocycles. The molecule has 1 fully saturated rings. The number of fused-ring (bicyclic) bond motifs is 1. The van der Waals surface area contributed by atoms with Gasteiger partial charge in [-0.15, -0.1) is 0 Å². The molecule has 0 bridgehead atoms. The number of rotatable bonds is 5. The largest absolute Gasteiger partial charge is 0.341 e. The summed E-state index contributed by atoms with van der Waals surface area (Å²) in [6.45, 7) is 4.26. The van der Waals surface area contributed by atoms with Crippen LogP contribution in [-0.2, 0) is 6.54 Å². The number of aromatic amines is 1. The Hall–Kier alpha value is -1.39. The van der Waals surface area contributed by atoms with Crippen LogP contribution >= 0.6 is 0 Å². The number of H-pyrrole nitrogens is 1. The third-order valence-electron chi connectivity index (χ3n) is 4.36. The number of hydrogen-bond acceptors (Lipinski definition) is 3. The minimum Gasteiger partial charge on any atom is -0.341 e. The van der Waals surface area contributed by atoms with Crippen LogP contribution in [0, 0.1) is 0 Å². The van der Waals surface area contributed by atoms with Crippen LogP contribution in [0.4, 0.5) is 0 Å². The molecular weight excluding hydrogens is 260 g/mol. The van der Waals surface area contributed by atoms with Crippen LogP contribution in [0.5, 0.6) is 0 Å². The Morgan fingerprint density at radius 1 is 1.29 bits per heavy atom. The second-order valence-corrected chi connectivity index (χ2v) is 6.22. The molecule has 0 saturated carbocycles. The Bertz CT molecular complexity index is 522. The summed E-state index contributed by atoms with van der Waals surface area (Å²) in [5, 5.41) is 7.26. The van der Waals surface area contributed by atoms with E-state index >= 15 is 0 Å². The molecule has 3 rings (SSSR count). The van der Waals surface area contributed by atoms with Gasteiger partial charge < -0.3 is 15.6 Å². The van der Waals surface area contributed by atoms with E-state index in [4.69, 9.17) is 0 Å². The predicted octanol–water partition coefficient (Wildman–Crippen LogP) is 2.96. The molecule has 21 heavy (non-hydrogen) atoms. The predicted molar refractivity (Wildman–Crippen MR) is 87.3 cm³/mol. The number of aromatic nitrogens is 2. The van der Waals surface area contributed by atoms with Crippen LogP contribution in [0.1, 0.15) is 44.9 Å². The first-order valence-electron chi connectivity index (χ1n) is 8.21. The number of hydrogen-bond donors (Lipinski definition) is 3. The normalized spacial score (nSPS) is 21.3. The summed E-state index contributed by atoms with van der Waals surface area (Å²) in [4.78, 5) is 7.99. The first-order chi connectivity index (χ1) is 10.3. The summed E-state index contributed by atoms with van der Waals surface area (Å²) >= 11 is 0. The van der Waals surface area contributed by atoms with Crippen molar-refractivity contribution in [1.29, 1.82) is 0 Å². The van der Waals surface area contributed by atoms with E-state index in [-0.39, 0.29) is 0 Å². The Kier molecular flexibility index (Phi) is 4.88. The van der Waals surface area contributed by atoms with Crippen LogP contribution in [0.3, 0.4) is 0 Å². The lowest BCUT2D eigenvalue weighted by Crippen LogP contribution is -2.36. The molecule has 1 aromatic heterocycles. The Labute approximate surface area is 126 Å². The lowest BCUT2D eigenvalue weighted by atomic mass is 10.0. The molecule has 0 radical (unpaired) electrons. The van der Waals surface area contributed by atoms with E-state index in [2.05, 4.69) is 33.6 Å². The number of imidazole rings is 1. The third-order valence-corrected chi connectivity index (χ3v) is 4.36. The van der Waals surface area contributed by atoms with Gasteiger partial charge in [0.05, 0.1) is 17.6 Å². The number of benzene rings is 1. The minimum atomic E-state index is 0.508. The van der Waals surface area contributed by atoms with Crippen LogP contribution in [0.15, 0.2) is 24.3 Å². The molecule has 114 valence electrons. The van der Waals surface area contributed by atoms with E-state index in [0.29, 0.717) is 12.1 Å². The van der Waals surface area contributed by atoms with Crippen molar-refractivity contribution in [2.24, 2.45) is 0 Å². The second kappa shape index (κ2) is 7.05. The Morgan fingerprint density at radius 2 is 2.19 bits per heavy atom. The van der Waals surface area contributed by atoms with Gasteiger partial charge in [0.25, 0.3) is 0 Å². The Balaban J connectivity index is 1.49. The molecule has 2 heterocycles. The third kappa shape index (κ3) is 4.05. The fourth-order valence-electron chi connectivity index (χ4n) is 3.17. The average Bonchev–Trinajstić information content (AvgIpc) is 2.74. The summed E-state index contributed by atoms with van der Waals surface area (Å²) in [5.41, 5.74) is 2.17. The number of nitrogens with zero attached hydrogens (tertiary/aromatic N) is 1. The lowest BCUT2D eigenvalue weighted by molar-refractivity contribution is 0.400. The first-order valence-corrected chi connectivity index (χ1v) is 8.21. The van der Waals surface area contributed by atoms with E-state index in [9.17, 15) is 0 Å². The minimum absolute atomic E-state index is 0.508. The highest BCUT2D eigenvalue weighted by atomic mass is 15.0. The molecule has 0 spiro atoms. The second-order valence-electron chi connectivity index (χ2n) is 6.22. The molecule has 2 atom stereocenters. The summed E-state index contributed by atoms with van der Waals surface area (Å²) in [6.07, 6.45) is 6.59. The maximum absolute atomic E-state index is 4.61. The van der Waals surface area contributed by atoms with E-state index in [1.54, 1.807) is 0 Å². The van der Waals surface area contributed by atoms with Gasteiger partial charge in [-0.05, 0) is 44.9 Å². The molecular formula is C17H26N4. The van der Waals surface area contributed by atoms with Gasteiger partial charge >= 0.3 is 0 Å². The van der Waals surface area contributed by atoms with Crippen LogP contribution < -0.4 is 10.6 Å². The molecule has 2 aromatic rings. The van der Waals surface area contributed by atoms with E-state index in [1.807, 2.05) is 18.2 Å². The molecule has 1 aromatic carbocycles. The van der Waals surface area contributed by atoms with Crippen molar-refractivity contribution < 1.29 is 0 Å². The number of nitrogens with one attached hydrogen (secondary N) is 3. The van der Waals surface area contributed by atoms with Crippen molar-refractivity contribution in [3.05, 3.63) is 30.1 Å². The van der Waals surface area contributed by atoms with Gasteiger partial charge in [-0.3, -0.25) is 0 Å². The summed E-state index contributed by atoms with van der Waals surface area (Å²) in [7, 11) is 0. The van der Waals surface area contributed by atoms with Crippen molar-refractivity contribution >= 4 is 11.0 Å². The van der Waals surface area contributed by atoms with Gasteiger partial charge in [0.2, 0.25) is 0 Å². The maximum Gasteiger partial charge on any atom is 0.121 e. The van der Waals surface area contributed by atoms with Crippen LogP contribution in [0.2, 0.25) is 0 Å². The SMILES string of the molecule is CC(CC1CCCCCN1)NCc1nc2ccccc2[nH]1. The fourth-order valence-corrected chi connectivity index (χ4v) is 3.17. The van der Waals surface area contributed by atoms with Crippen molar-refractivity contribution in [3.8, 4) is 0 Å². The maximum atomic E-state index is 4.61. The smallest absolute Gasteiger partial charge is 0.121 e. The zero-order valence-electron chi connectivity index (χ0n) is 12.9. The fraction of sp³-hybridized carbons (Fsp3) is 0.588. The molecule has 3 N–H and O–H groups in total. The molecule has 2 unspecified atom stereocenters. The molecule has 0 aliphatic carbocycles. The molecule has 0 amide bonds. The highest BCUT2D eigenvalue weighted by Gasteiger charge is 2.14. The molecule has 1 aliphatic rings. The van der Waals surface area contributed by atoms with Gasteiger partial charge in [-0.25, -0.2) is 4.98 Å². The van der Waals surface area contributed by atoms with Crippen molar-refractivity contribution in [1.82, 2.24) is 20.6 Å². The van der Waals surface area contributed by atoms with Crippen molar-refractivity contribution in [2.75, 3.05) is 6.54 Å². The monoisotopic (exact) mass is 286 g/mol. The Morgan fingerprint density at radius 3 is 3.10 bits per heavy atom. The zero-order valence-corrected chi connectivity index (χ0v) is 12.9. The van der Waals surface area contributed by atoms with Crippen molar-refractivity contribution in [2.45, 2.75) is 57.7 Å². The first kappa shape index (κ1) is 14.5. The zero-order chi connectivity index (χ0) is 14.5. The summed E-state index contributed by atoms with van der Waals surface area (Å²) < 4.78 is 0. The highest BCUT2D eigenvalue weighted by molar-refractivity contribution is 5.74. The number of para-hydroxylation sites is 2. The summed E-state index contributed by atoms with van der Waals surface area (Å²) in [5.74, 6) is 1.02. The van der Waals surface area contributed by atoms with Gasteiger partial charge in [0.15, 0.2) is 0 Å². The van der Waals surface area contributed by atoms with Gasteiger partial charge in [-0.1, -0.05) is 25.0 Å². The highest BCUT2D eigenvalue weighted by Crippen LogP contribution is 2.13. The molecule has 4 nitrogen and oxygen atoms in total. The van der Waals surface area contributed by atoms with Gasteiger partial charge in [0, 0.05) is 12.1 Å². The van der Waals surface area contributed by atoms with Crippen LogP contribution in [-0.4, -0.2) is 28.6 Å². The van der Waals surface area contributed by atoms with E-state index in [0.717, 1.165) is 23.4 Å².